The number of carbonyl (C=O) groups excluding carboxylic acids is 3. The van der Waals surface area contributed by atoms with E-state index in [-0.39, 0.29) is 6.54 Å². The molecule has 4 amide bonds. The average Bonchev–Trinajstić information content (AvgIpc) is 3.51. The maximum absolute atomic E-state index is 13.2. The molecule has 1 unspecified atom stereocenters. The van der Waals surface area contributed by atoms with Crippen molar-refractivity contribution in [3.05, 3.63) is 84.3 Å². The minimum atomic E-state index is -1.08. The molecule has 1 aliphatic heterocycles. The first-order chi connectivity index (χ1) is 16.5. The number of hydrogen-bond acceptors (Lipinski definition) is 5. The molecule has 4 aromatic rings. The van der Waals surface area contributed by atoms with Gasteiger partial charge in [0.25, 0.3) is 5.91 Å². The molecule has 0 bridgehead atoms. The Morgan fingerprint density at radius 2 is 1.85 bits per heavy atom. The number of rotatable bonds is 4. The largest absolute Gasteiger partial charge is 0.325 e. The molecule has 168 valence electrons. The number of imide groups is 1. The molecular formula is C25H20N6O3. The van der Waals surface area contributed by atoms with Crippen LogP contribution in [-0.2, 0) is 21.5 Å². The van der Waals surface area contributed by atoms with Gasteiger partial charge in [-0.1, -0.05) is 36.4 Å². The summed E-state index contributed by atoms with van der Waals surface area (Å²) in [5.41, 5.74) is 3.02. The van der Waals surface area contributed by atoms with Gasteiger partial charge in [-0.15, -0.1) is 0 Å². The fraction of sp³-hybridized carbons (Fsp3) is 0.160. The molecule has 34 heavy (non-hydrogen) atoms. The molecule has 6 rings (SSSR count). The molecular weight excluding hydrogens is 432 g/mol. The van der Waals surface area contributed by atoms with Gasteiger partial charge in [-0.05, 0) is 48.2 Å². The van der Waals surface area contributed by atoms with Crippen molar-refractivity contribution in [2.75, 3.05) is 11.9 Å². The van der Waals surface area contributed by atoms with Gasteiger partial charge in [-0.3, -0.25) is 19.1 Å². The van der Waals surface area contributed by atoms with Gasteiger partial charge < -0.3 is 10.6 Å². The Bertz CT molecular complexity index is 1460. The van der Waals surface area contributed by atoms with Crippen molar-refractivity contribution in [3.8, 4) is 5.82 Å². The molecule has 9 heteroatoms. The first kappa shape index (κ1) is 20.1. The number of nitrogens with one attached hydrogen (secondary N) is 2. The quantitative estimate of drug-likeness (QED) is 0.463. The summed E-state index contributed by atoms with van der Waals surface area (Å²) in [7, 11) is 0. The van der Waals surface area contributed by atoms with Crippen LogP contribution in [0.25, 0.3) is 16.9 Å². The van der Waals surface area contributed by atoms with E-state index in [1.54, 1.807) is 18.5 Å². The molecule has 1 fully saturated rings. The third-order valence-electron chi connectivity index (χ3n) is 6.46. The van der Waals surface area contributed by atoms with Gasteiger partial charge in [-0.25, -0.2) is 14.8 Å². The van der Waals surface area contributed by atoms with Crippen LogP contribution in [0.5, 0.6) is 0 Å². The molecule has 2 aliphatic rings. The molecule has 1 atom stereocenters. The average molecular weight is 452 g/mol. The monoisotopic (exact) mass is 452 g/mol. The molecule has 1 spiro atoms. The number of pyridine rings is 1. The summed E-state index contributed by atoms with van der Waals surface area (Å²) in [5.74, 6) is -0.213. The summed E-state index contributed by atoms with van der Waals surface area (Å²) >= 11 is 0. The molecule has 2 N–H and O–H groups in total. The molecule has 3 heterocycles. The number of amides is 4. The van der Waals surface area contributed by atoms with Crippen LogP contribution in [0.1, 0.15) is 17.5 Å². The lowest BCUT2D eigenvalue weighted by Crippen LogP contribution is -2.43. The van der Waals surface area contributed by atoms with E-state index >= 15 is 0 Å². The molecule has 2 aromatic heterocycles. The Balaban J connectivity index is 1.16. The number of urea groups is 1. The van der Waals surface area contributed by atoms with Crippen LogP contribution in [0, 0.1) is 0 Å². The number of nitrogens with zero attached hydrogens (tertiary/aromatic N) is 4. The van der Waals surface area contributed by atoms with Crippen molar-refractivity contribution in [2.45, 2.75) is 18.4 Å². The topological polar surface area (TPSA) is 109 Å². The van der Waals surface area contributed by atoms with E-state index in [0.717, 1.165) is 27.1 Å². The fourth-order valence-electron chi connectivity index (χ4n) is 4.82. The summed E-state index contributed by atoms with van der Waals surface area (Å²) in [6.07, 6.45) is 4.41. The summed E-state index contributed by atoms with van der Waals surface area (Å²) in [4.78, 5) is 48.3. The number of aromatic nitrogens is 3. The maximum Gasteiger partial charge on any atom is 0.325 e. The zero-order valence-corrected chi connectivity index (χ0v) is 18.1. The van der Waals surface area contributed by atoms with Gasteiger partial charge >= 0.3 is 6.03 Å². The van der Waals surface area contributed by atoms with Crippen molar-refractivity contribution in [2.24, 2.45) is 0 Å². The number of hydrogen-bond donors (Lipinski definition) is 2. The number of aryl methyl sites for hydroxylation is 1. The van der Waals surface area contributed by atoms with E-state index in [9.17, 15) is 14.4 Å². The lowest BCUT2D eigenvalue weighted by atomic mass is 9.92. The van der Waals surface area contributed by atoms with Gasteiger partial charge in [0.2, 0.25) is 5.91 Å². The van der Waals surface area contributed by atoms with Crippen LogP contribution in [0.4, 0.5) is 10.5 Å². The molecule has 9 nitrogen and oxygen atoms in total. The smallest absolute Gasteiger partial charge is 0.323 e. The van der Waals surface area contributed by atoms with Crippen LogP contribution in [0.3, 0.4) is 0 Å². The van der Waals surface area contributed by atoms with E-state index in [2.05, 4.69) is 20.6 Å². The second-order valence-corrected chi connectivity index (χ2v) is 8.44. The van der Waals surface area contributed by atoms with Gasteiger partial charge in [0.1, 0.15) is 24.2 Å². The summed E-state index contributed by atoms with van der Waals surface area (Å²) in [6, 6.07) is 18.2. The number of benzene rings is 2. The second-order valence-electron chi connectivity index (χ2n) is 8.44. The highest BCUT2D eigenvalue weighted by atomic mass is 16.2. The highest BCUT2D eigenvalue weighted by molar-refractivity contribution is 6.10. The van der Waals surface area contributed by atoms with E-state index in [1.807, 2.05) is 53.1 Å². The third-order valence-corrected chi connectivity index (χ3v) is 6.46. The highest BCUT2D eigenvalue weighted by Gasteiger charge is 2.55. The molecule has 2 aromatic carbocycles. The number of para-hydroxylation sites is 2. The minimum Gasteiger partial charge on any atom is -0.323 e. The second kappa shape index (κ2) is 7.51. The first-order valence-electron chi connectivity index (χ1n) is 11.0. The Hall–Kier alpha value is -4.53. The number of anilines is 1. The van der Waals surface area contributed by atoms with Crippen LogP contribution in [0.2, 0.25) is 0 Å². The number of fused-ring (bicyclic) bond motifs is 3. The summed E-state index contributed by atoms with van der Waals surface area (Å²) in [6.45, 7) is -0.373. The minimum absolute atomic E-state index is 0.373. The Morgan fingerprint density at radius 3 is 2.71 bits per heavy atom. The Morgan fingerprint density at radius 1 is 1.03 bits per heavy atom. The van der Waals surface area contributed by atoms with Gasteiger partial charge in [0, 0.05) is 0 Å². The van der Waals surface area contributed by atoms with Crippen molar-refractivity contribution in [1.29, 1.82) is 0 Å². The predicted octanol–water partition coefficient (Wildman–Crippen LogP) is 2.75. The molecule has 0 radical (unpaired) electrons. The lowest BCUT2D eigenvalue weighted by Gasteiger charge is -2.22. The third kappa shape index (κ3) is 3.05. The normalized spacial score (nSPS) is 19.0. The summed E-state index contributed by atoms with van der Waals surface area (Å²) < 4.78 is 1.85. The van der Waals surface area contributed by atoms with Crippen molar-refractivity contribution in [3.63, 3.8) is 0 Å². The molecule has 1 saturated heterocycles. The van der Waals surface area contributed by atoms with Crippen LogP contribution >= 0.6 is 0 Å². The van der Waals surface area contributed by atoms with Gasteiger partial charge in [0.15, 0.2) is 0 Å². The van der Waals surface area contributed by atoms with Crippen LogP contribution in [-0.4, -0.2) is 43.8 Å². The predicted molar refractivity (Wildman–Crippen MR) is 124 cm³/mol. The summed E-state index contributed by atoms with van der Waals surface area (Å²) in [5, 5.41) is 5.55. The fourth-order valence-corrected chi connectivity index (χ4v) is 4.82. The zero-order chi connectivity index (χ0) is 23.3. The first-order valence-corrected chi connectivity index (χ1v) is 11.0. The van der Waals surface area contributed by atoms with Crippen molar-refractivity contribution in [1.82, 2.24) is 24.8 Å². The standard InChI is InChI=1S/C25H20N6O3/c32-22(14-30-23(33)25(29-24(30)34)12-11-16-5-1-2-6-18(16)25)28-17-9-10-21(26-13-17)31-15-27-19-7-3-4-8-20(19)31/h1-10,13,15H,11-12,14H2,(H,28,32)(H,29,34). The molecule has 1 aliphatic carbocycles. The molecule has 0 saturated carbocycles. The Kier molecular flexibility index (Phi) is 4.44. The zero-order valence-electron chi connectivity index (χ0n) is 18.1. The Labute approximate surface area is 194 Å². The highest BCUT2D eigenvalue weighted by Crippen LogP contribution is 2.41. The number of imidazole rings is 1. The van der Waals surface area contributed by atoms with Gasteiger partial charge in [0.05, 0.1) is 22.9 Å². The SMILES string of the molecule is O=C(CN1C(=O)NC2(CCc3ccccc32)C1=O)Nc1ccc(-n2cnc3ccccc32)nc1. The van der Waals surface area contributed by atoms with Crippen LogP contribution < -0.4 is 10.6 Å². The van der Waals surface area contributed by atoms with Gasteiger partial charge in [-0.2, -0.15) is 0 Å². The van der Waals surface area contributed by atoms with E-state index in [4.69, 9.17) is 0 Å². The van der Waals surface area contributed by atoms with E-state index in [1.165, 1.54) is 6.20 Å². The number of carbonyl (C=O) groups is 3. The van der Waals surface area contributed by atoms with Crippen molar-refractivity contribution < 1.29 is 14.4 Å². The lowest BCUT2D eigenvalue weighted by molar-refractivity contribution is -0.134. The van der Waals surface area contributed by atoms with E-state index in [0.29, 0.717) is 24.3 Å². The van der Waals surface area contributed by atoms with Crippen LogP contribution in [0.15, 0.2) is 73.2 Å². The van der Waals surface area contributed by atoms with Crippen molar-refractivity contribution >= 4 is 34.6 Å². The maximum atomic E-state index is 13.2. The van der Waals surface area contributed by atoms with E-state index < -0.39 is 23.4 Å².